The lowest BCUT2D eigenvalue weighted by Crippen LogP contribution is -2.52. The van der Waals surface area contributed by atoms with E-state index >= 15 is 4.39 Å². The summed E-state index contributed by atoms with van der Waals surface area (Å²) in [6, 6.07) is 3.05. The molecule has 3 aromatic rings. The predicted octanol–water partition coefficient (Wildman–Crippen LogP) is 4.00. The molecule has 238 valence electrons. The maximum atomic E-state index is 17.2. The standard InChI is InChI=1S/C30H33F3N8O2S2/c31-15-10-30(8-1-9-40(30)11-15)14-43-29-37-23-21(33)24(19-6-7-20(32)25-22(19)36-28(34)44-25)41(18-4-5-18)45(42)26(23)27(38-29)39-12-16-2-3-17(13-39)35-16/h6-7,15-18,35H,1-5,8-14H2,(H2,34,36)/t15-,16?,17?,30+,45?/m1/s1. The van der Waals surface area contributed by atoms with Gasteiger partial charge in [-0.1, -0.05) is 11.3 Å². The van der Waals surface area contributed by atoms with Gasteiger partial charge in [0.1, 0.15) is 35.7 Å². The molecule has 10 nitrogen and oxygen atoms in total. The Morgan fingerprint density at radius 3 is 2.69 bits per heavy atom. The SMILES string of the molecule is Nc1nc2c(C3=C(F)c4nc(OC[C@@]56CCCN5C[C@H](F)C6)nc(N5CC6CCC(C5)N6)c4[S+]([O-])N3C3CC3)ccc(F)c2s1. The summed E-state index contributed by atoms with van der Waals surface area (Å²) in [5.74, 6) is -0.784. The molecule has 2 aromatic heterocycles. The first kappa shape index (κ1) is 28.4. The van der Waals surface area contributed by atoms with Crippen molar-refractivity contribution in [1.29, 1.82) is 0 Å². The Balaban J connectivity index is 1.20. The third kappa shape index (κ3) is 4.52. The van der Waals surface area contributed by atoms with E-state index in [1.165, 1.54) is 12.1 Å². The summed E-state index contributed by atoms with van der Waals surface area (Å²) < 4.78 is 69.2. The van der Waals surface area contributed by atoms with Crippen LogP contribution in [0.4, 0.5) is 24.1 Å². The summed E-state index contributed by atoms with van der Waals surface area (Å²) in [5, 5.41) is 3.77. The fraction of sp³-hybridized carbons (Fsp3) is 0.567. The first-order valence-corrected chi connectivity index (χ1v) is 17.6. The van der Waals surface area contributed by atoms with Crippen LogP contribution >= 0.6 is 11.3 Å². The van der Waals surface area contributed by atoms with Crippen LogP contribution in [0.15, 0.2) is 17.0 Å². The van der Waals surface area contributed by atoms with Gasteiger partial charge in [-0.25, -0.2) is 18.2 Å². The van der Waals surface area contributed by atoms with Crippen LogP contribution in [0.5, 0.6) is 6.01 Å². The van der Waals surface area contributed by atoms with E-state index < -0.39 is 34.7 Å². The Morgan fingerprint density at radius 1 is 1.11 bits per heavy atom. The predicted molar refractivity (Wildman–Crippen MR) is 166 cm³/mol. The number of hydrogen-bond donors (Lipinski definition) is 2. The number of anilines is 2. The number of nitrogens with two attached hydrogens (primary N) is 1. The molecule has 0 radical (unpaired) electrons. The summed E-state index contributed by atoms with van der Waals surface area (Å²) in [5.41, 5.74) is 6.02. The molecule has 6 aliphatic rings. The summed E-state index contributed by atoms with van der Waals surface area (Å²) in [7, 11) is 0. The lowest BCUT2D eigenvalue weighted by molar-refractivity contribution is 0.107. The molecule has 5 atom stereocenters. The molecular formula is C30H33F3N8O2S2. The molecule has 7 heterocycles. The molecule has 4 saturated heterocycles. The van der Waals surface area contributed by atoms with Crippen LogP contribution in [0.3, 0.4) is 0 Å². The lowest BCUT2D eigenvalue weighted by atomic mass is 9.95. The third-order valence-corrected chi connectivity index (χ3v) is 12.7. The number of hydrogen-bond acceptors (Lipinski definition) is 11. The summed E-state index contributed by atoms with van der Waals surface area (Å²) >= 11 is -0.879. The second-order valence-electron chi connectivity index (χ2n) is 13.2. The zero-order chi connectivity index (χ0) is 30.6. The highest BCUT2D eigenvalue weighted by Gasteiger charge is 2.52. The number of piperazine rings is 1. The average molecular weight is 659 g/mol. The monoisotopic (exact) mass is 658 g/mol. The molecule has 1 aromatic carbocycles. The Kier molecular flexibility index (Phi) is 6.51. The van der Waals surface area contributed by atoms with Gasteiger partial charge in [0.2, 0.25) is 0 Å². The third-order valence-electron chi connectivity index (χ3n) is 10.2. The number of ether oxygens (including phenoxy) is 1. The van der Waals surface area contributed by atoms with Crippen molar-refractivity contribution in [2.75, 3.05) is 43.4 Å². The Hall–Kier alpha value is -2.85. The number of thiazole rings is 1. The van der Waals surface area contributed by atoms with Crippen molar-refractivity contribution >= 4 is 55.4 Å². The molecule has 45 heavy (non-hydrogen) atoms. The number of halogens is 3. The zero-order valence-electron chi connectivity index (χ0n) is 24.5. The van der Waals surface area contributed by atoms with E-state index in [4.69, 9.17) is 15.5 Å². The van der Waals surface area contributed by atoms with Crippen molar-refractivity contribution in [3.05, 3.63) is 29.2 Å². The van der Waals surface area contributed by atoms with Crippen molar-refractivity contribution in [2.45, 2.75) is 79.7 Å². The van der Waals surface area contributed by atoms with Crippen LogP contribution in [0.2, 0.25) is 0 Å². The molecule has 5 fully saturated rings. The number of alkyl halides is 1. The van der Waals surface area contributed by atoms with Gasteiger partial charge in [0.15, 0.2) is 22.5 Å². The molecule has 0 spiro atoms. The van der Waals surface area contributed by atoms with Crippen LogP contribution in [0.1, 0.15) is 56.2 Å². The fourth-order valence-corrected chi connectivity index (χ4v) is 10.5. The molecule has 0 amide bonds. The van der Waals surface area contributed by atoms with Gasteiger partial charge in [-0.2, -0.15) is 14.3 Å². The average Bonchev–Trinajstić information content (AvgIpc) is 3.35. The molecular weight excluding hydrogens is 626 g/mol. The van der Waals surface area contributed by atoms with E-state index in [0.29, 0.717) is 37.4 Å². The highest BCUT2D eigenvalue weighted by atomic mass is 32.2. The highest BCUT2D eigenvalue weighted by molar-refractivity contribution is 7.89. The van der Waals surface area contributed by atoms with Gasteiger partial charge < -0.3 is 25.2 Å². The van der Waals surface area contributed by atoms with Crippen LogP contribution in [-0.4, -0.2) is 91.3 Å². The van der Waals surface area contributed by atoms with Gasteiger partial charge in [0.05, 0.1) is 21.8 Å². The number of aromatic nitrogens is 3. The van der Waals surface area contributed by atoms with Crippen molar-refractivity contribution in [3.8, 4) is 6.01 Å². The van der Waals surface area contributed by atoms with Crippen molar-refractivity contribution in [3.63, 3.8) is 0 Å². The van der Waals surface area contributed by atoms with Gasteiger partial charge >= 0.3 is 6.01 Å². The van der Waals surface area contributed by atoms with E-state index in [9.17, 15) is 13.3 Å². The normalized spacial score (nSPS) is 31.3. The molecule has 15 heteroatoms. The van der Waals surface area contributed by atoms with E-state index in [1.807, 2.05) is 0 Å². The number of benzene rings is 1. The molecule has 5 aliphatic heterocycles. The van der Waals surface area contributed by atoms with Gasteiger partial charge in [-0.05, 0) is 57.2 Å². The number of nitrogen functional groups attached to an aromatic ring is 1. The van der Waals surface area contributed by atoms with Crippen LogP contribution in [0.25, 0.3) is 21.7 Å². The Bertz CT molecular complexity index is 1730. The lowest BCUT2D eigenvalue weighted by Gasteiger charge is -2.37. The first-order chi connectivity index (χ1) is 21.8. The van der Waals surface area contributed by atoms with Crippen molar-refractivity contribution in [2.24, 2.45) is 0 Å². The van der Waals surface area contributed by atoms with Crippen LogP contribution in [0, 0.1) is 5.82 Å². The molecule has 2 bridgehead atoms. The molecule has 3 unspecified atom stereocenters. The fourth-order valence-electron chi connectivity index (χ4n) is 8.06. The maximum absolute atomic E-state index is 17.2. The number of fused-ring (bicyclic) bond motifs is 5. The van der Waals surface area contributed by atoms with E-state index in [0.717, 1.165) is 56.4 Å². The van der Waals surface area contributed by atoms with E-state index in [1.54, 1.807) is 4.31 Å². The van der Waals surface area contributed by atoms with Crippen LogP contribution in [-0.2, 0) is 11.4 Å². The highest BCUT2D eigenvalue weighted by Crippen LogP contribution is 2.51. The Labute approximate surface area is 265 Å². The minimum Gasteiger partial charge on any atom is -0.588 e. The minimum absolute atomic E-state index is 0.0216. The zero-order valence-corrected chi connectivity index (χ0v) is 26.1. The number of rotatable bonds is 6. The molecule has 1 aliphatic carbocycles. The van der Waals surface area contributed by atoms with Crippen LogP contribution < -0.4 is 20.7 Å². The topological polar surface area (TPSA) is 119 Å². The summed E-state index contributed by atoms with van der Waals surface area (Å²) in [6.45, 7) is 2.65. The van der Waals surface area contributed by atoms with Crippen molar-refractivity contribution in [1.82, 2.24) is 29.5 Å². The van der Waals surface area contributed by atoms with Gasteiger partial charge in [0, 0.05) is 43.7 Å². The maximum Gasteiger partial charge on any atom is 0.319 e. The molecule has 9 rings (SSSR count). The van der Waals surface area contributed by atoms with Crippen molar-refractivity contribution < 1.29 is 22.5 Å². The quantitative estimate of drug-likeness (QED) is 0.377. The number of nitrogens with one attached hydrogen (secondary N) is 1. The van der Waals surface area contributed by atoms with Gasteiger partial charge in [-0.3, -0.25) is 4.90 Å². The van der Waals surface area contributed by atoms with Gasteiger partial charge in [-0.15, -0.1) is 0 Å². The largest absolute Gasteiger partial charge is 0.588 e. The smallest absolute Gasteiger partial charge is 0.319 e. The molecule has 3 N–H and O–H groups in total. The van der Waals surface area contributed by atoms with E-state index in [-0.39, 0.29) is 62.4 Å². The summed E-state index contributed by atoms with van der Waals surface area (Å²) in [6.07, 6.45) is 4.75. The Morgan fingerprint density at radius 2 is 1.91 bits per heavy atom. The number of nitrogens with zero attached hydrogens (tertiary/aromatic N) is 6. The second kappa shape index (κ2) is 10.3. The van der Waals surface area contributed by atoms with E-state index in [2.05, 4.69) is 25.1 Å². The second-order valence-corrected chi connectivity index (χ2v) is 15.5. The molecule has 1 saturated carbocycles. The van der Waals surface area contributed by atoms with Gasteiger partial charge in [0.25, 0.3) is 4.90 Å². The first-order valence-electron chi connectivity index (χ1n) is 15.7. The minimum atomic E-state index is -1.87. The summed E-state index contributed by atoms with van der Waals surface area (Å²) in [4.78, 5) is 18.2.